The molecule has 0 atom stereocenters. The van der Waals surface area contributed by atoms with Gasteiger partial charge in [0.2, 0.25) is 0 Å². The van der Waals surface area contributed by atoms with Gasteiger partial charge in [-0.2, -0.15) is 0 Å². The highest BCUT2D eigenvalue weighted by Gasteiger charge is 2.11. The first kappa shape index (κ1) is 30.0. The highest BCUT2D eigenvalue weighted by atomic mass is 14.8. The van der Waals surface area contributed by atoms with Gasteiger partial charge in [-0.25, -0.2) is 0 Å². The molecule has 2 aromatic rings. The van der Waals surface area contributed by atoms with Gasteiger partial charge in [-0.15, -0.1) is 0 Å². The summed E-state index contributed by atoms with van der Waals surface area (Å²) in [6.07, 6.45) is 15.6. The highest BCUT2D eigenvalue weighted by molar-refractivity contribution is 6.42. The number of unbranched alkanes of at least 4 members (excludes halogenated alkanes) is 5. The molecular formula is C34H52N2. The topological polar surface area (TPSA) is 24.7 Å². The number of aliphatic imine (C=N–C) groups is 2. The van der Waals surface area contributed by atoms with Crippen molar-refractivity contribution >= 4 is 22.8 Å². The Labute approximate surface area is 222 Å². The fraction of sp³-hybridized carbons (Fsp3) is 0.588. The minimum absolute atomic E-state index is 0.881. The van der Waals surface area contributed by atoms with Crippen LogP contribution in [0.2, 0.25) is 0 Å². The van der Waals surface area contributed by atoms with Crippen LogP contribution in [0.4, 0.5) is 11.4 Å². The van der Waals surface area contributed by atoms with Crippen LogP contribution in [0.15, 0.2) is 40.3 Å². The van der Waals surface area contributed by atoms with E-state index in [4.69, 9.17) is 9.98 Å². The summed E-state index contributed by atoms with van der Waals surface area (Å²) >= 11 is 0. The van der Waals surface area contributed by atoms with Crippen molar-refractivity contribution in [3.05, 3.63) is 58.1 Å². The van der Waals surface area contributed by atoms with Crippen LogP contribution in [-0.2, 0) is 25.7 Å². The lowest BCUT2D eigenvalue weighted by Gasteiger charge is -2.16. The Kier molecular flexibility index (Phi) is 13.8. The first-order valence-corrected chi connectivity index (χ1v) is 14.8. The Morgan fingerprint density at radius 1 is 0.639 bits per heavy atom. The van der Waals surface area contributed by atoms with Crippen molar-refractivity contribution < 1.29 is 0 Å². The fourth-order valence-corrected chi connectivity index (χ4v) is 4.99. The Morgan fingerprint density at radius 3 is 1.92 bits per heavy atom. The van der Waals surface area contributed by atoms with Crippen molar-refractivity contribution in [3.63, 3.8) is 0 Å². The molecule has 0 saturated heterocycles. The average molecular weight is 489 g/mol. The molecule has 0 unspecified atom stereocenters. The van der Waals surface area contributed by atoms with E-state index < -0.39 is 0 Å². The lowest BCUT2D eigenvalue weighted by Crippen LogP contribution is -2.09. The third kappa shape index (κ3) is 9.34. The van der Waals surface area contributed by atoms with E-state index in [1.54, 1.807) is 5.56 Å². The van der Waals surface area contributed by atoms with E-state index in [0.29, 0.717) is 0 Å². The van der Waals surface area contributed by atoms with Gasteiger partial charge < -0.3 is 0 Å². The van der Waals surface area contributed by atoms with Gasteiger partial charge in [-0.3, -0.25) is 9.98 Å². The molecule has 0 saturated carbocycles. The molecule has 2 rings (SSSR count). The zero-order valence-electron chi connectivity index (χ0n) is 24.5. The minimum atomic E-state index is 0.881. The van der Waals surface area contributed by atoms with E-state index in [0.717, 1.165) is 48.5 Å². The summed E-state index contributed by atoms with van der Waals surface area (Å²) in [6.45, 7) is 15.6. The summed E-state index contributed by atoms with van der Waals surface area (Å²) in [6, 6.07) is 11.4. The van der Waals surface area contributed by atoms with Crippen LogP contribution in [0, 0.1) is 6.92 Å². The highest BCUT2D eigenvalue weighted by Crippen LogP contribution is 2.28. The van der Waals surface area contributed by atoms with Crippen molar-refractivity contribution in [2.24, 2.45) is 9.98 Å². The third-order valence-corrected chi connectivity index (χ3v) is 7.33. The zero-order chi connectivity index (χ0) is 26.3. The molecular weight excluding hydrogens is 436 g/mol. The van der Waals surface area contributed by atoms with E-state index in [-0.39, 0.29) is 0 Å². The second kappa shape index (κ2) is 16.5. The molecule has 0 aliphatic carbocycles. The summed E-state index contributed by atoms with van der Waals surface area (Å²) < 4.78 is 0. The Bertz CT molecular complexity index is 996. The number of rotatable bonds is 16. The van der Waals surface area contributed by atoms with Crippen LogP contribution < -0.4 is 0 Å². The molecule has 0 fully saturated rings. The molecule has 2 aromatic carbocycles. The second-order valence-corrected chi connectivity index (χ2v) is 10.3. The van der Waals surface area contributed by atoms with Crippen LogP contribution in [0.5, 0.6) is 0 Å². The maximum absolute atomic E-state index is 5.13. The lowest BCUT2D eigenvalue weighted by molar-refractivity contribution is 0.660. The summed E-state index contributed by atoms with van der Waals surface area (Å²) in [5, 5.41) is 0. The van der Waals surface area contributed by atoms with Crippen LogP contribution in [0.3, 0.4) is 0 Å². The van der Waals surface area contributed by atoms with Gasteiger partial charge in [0.1, 0.15) is 0 Å². The van der Waals surface area contributed by atoms with Crippen LogP contribution in [0.25, 0.3) is 0 Å². The maximum atomic E-state index is 5.13. The normalized spacial score (nSPS) is 12.4. The van der Waals surface area contributed by atoms with E-state index in [9.17, 15) is 0 Å². The van der Waals surface area contributed by atoms with Gasteiger partial charge in [0.15, 0.2) is 0 Å². The first-order chi connectivity index (χ1) is 17.5. The molecule has 2 nitrogen and oxygen atoms in total. The molecule has 0 aromatic heterocycles. The van der Waals surface area contributed by atoms with E-state index >= 15 is 0 Å². The number of benzene rings is 2. The van der Waals surface area contributed by atoms with Gasteiger partial charge in [0.25, 0.3) is 0 Å². The van der Waals surface area contributed by atoms with Crippen molar-refractivity contribution in [3.8, 4) is 0 Å². The lowest BCUT2D eigenvalue weighted by atomic mass is 9.91. The molecule has 0 aliphatic rings. The quantitative estimate of drug-likeness (QED) is 0.166. The Balaban J connectivity index is 2.38. The van der Waals surface area contributed by atoms with Crippen LogP contribution >= 0.6 is 0 Å². The first-order valence-electron chi connectivity index (χ1n) is 14.8. The minimum Gasteiger partial charge on any atom is -0.252 e. The zero-order valence-corrected chi connectivity index (χ0v) is 24.5. The van der Waals surface area contributed by atoms with Crippen molar-refractivity contribution in [2.75, 3.05) is 0 Å². The largest absolute Gasteiger partial charge is 0.252 e. The fourth-order valence-electron chi connectivity index (χ4n) is 4.99. The van der Waals surface area contributed by atoms with E-state index in [1.165, 1.54) is 80.0 Å². The molecule has 0 bridgehead atoms. The van der Waals surface area contributed by atoms with E-state index in [2.05, 4.69) is 78.8 Å². The standard InChI is InChI=1S/C34H52N2/c1-8-13-16-17-20-33-28(11-4)23-32(25-30(33)19-15-10-3)35-27(7)34(12-5)36-31-22-21-26(6)29(24-31)18-14-9-2/h21-25H,8-20H2,1-7H3. The van der Waals surface area contributed by atoms with Crippen LogP contribution in [-0.4, -0.2) is 11.4 Å². The van der Waals surface area contributed by atoms with Crippen molar-refractivity contribution in [2.45, 2.75) is 132 Å². The number of nitrogens with zero attached hydrogens (tertiary/aromatic N) is 2. The summed E-state index contributed by atoms with van der Waals surface area (Å²) in [7, 11) is 0. The summed E-state index contributed by atoms with van der Waals surface area (Å²) in [4.78, 5) is 10.2. The van der Waals surface area contributed by atoms with E-state index in [1.807, 2.05) is 0 Å². The predicted octanol–water partition coefficient (Wildman–Crippen LogP) is 10.6. The molecule has 2 heteroatoms. The maximum Gasteiger partial charge on any atom is 0.0639 e. The molecule has 0 radical (unpaired) electrons. The predicted molar refractivity (Wildman–Crippen MR) is 162 cm³/mol. The molecule has 0 amide bonds. The molecule has 198 valence electrons. The Morgan fingerprint density at radius 2 is 1.28 bits per heavy atom. The molecule has 0 spiro atoms. The molecule has 0 N–H and O–H groups in total. The number of hydrogen-bond acceptors (Lipinski definition) is 2. The molecule has 36 heavy (non-hydrogen) atoms. The summed E-state index contributed by atoms with van der Waals surface area (Å²) in [5.41, 5.74) is 11.7. The second-order valence-electron chi connectivity index (χ2n) is 10.3. The van der Waals surface area contributed by atoms with Gasteiger partial charge in [0.05, 0.1) is 22.8 Å². The van der Waals surface area contributed by atoms with Gasteiger partial charge in [0, 0.05) is 0 Å². The number of hydrogen-bond donors (Lipinski definition) is 0. The number of aryl methyl sites for hydroxylation is 4. The summed E-state index contributed by atoms with van der Waals surface area (Å²) in [5.74, 6) is 0. The van der Waals surface area contributed by atoms with Gasteiger partial charge in [-0.1, -0.05) is 72.8 Å². The monoisotopic (exact) mass is 488 g/mol. The van der Waals surface area contributed by atoms with Crippen LogP contribution in [0.1, 0.15) is 127 Å². The molecule has 0 heterocycles. The SMILES string of the molecule is CCCCCCc1c(CC)cc(N=C(C)C(CC)=Nc2ccc(C)c(CCCC)c2)cc1CCCC. The average Bonchev–Trinajstić information content (AvgIpc) is 2.88. The smallest absolute Gasteiger partial charge is 0.0639 e. The van der Waals surface area contributed by atoms with Crippen molar-refractivity contribution in [1.29, 1.82) is 0 Å². The molecule has 0 aliphatic heterocycles. The van der Waals surface area contributed by atoms with Crippen molar-refractivity contribution in [1.82, 2.24) is 0 Å². The third-order valence-electron chi connectivity index (χ3n) is 7.33. The van der Waals surface area contributed by atoms with Gasteiger partial charge >= 0.3 is 0 Å². The Hall–Kier alpha value is -2.22. The van der Waals surface area contributed by atoms with Gasteiger partial charge in [-0.05, 0) is 117 Å².